The second-order valence-corrected chi connectivity index (χ2v) is 8.91. The van der Waals surface area contributed by atoms with Gasteiger partial charge in [-0.25, -0.2) is 9.97 Å². The maximum absolute atomic E-state index is 12.9. The Hall–Kier alpha value is -3.58. The molecule has 1 aromatic carbocycles. The zero-order chi connectivity index (χ0) is 22.7. The molecule has 162 valence electrons. The number of aromatic nitrogens is 3. The summed E-state index contributed by atoms with van der Waals surface area (Å²) < 4.78 is 0. The van der Waals surface area contributed by atoms with Crippen molar-refractivity contribution in [3.05, 3.63) is 99.4 Å². The largest absolute Gasteiger partial charge is 0.343 e. The Morgan fingerprint density at radius 3 is 2.34 bits per heavy atom. The molecule has 1 amide bonds. The van der Waals surface area contributed by atoms with Crippen molar-refractivity contribution in [2.75, 3.05) is 10.6 Å². The number of aryl methyl sites for hydroxylation is 3. The predicted molar refractivity (Wildman–Crippen MR) is 129 cm³/mol. The number of thiophene rings is 1. The molecule has 0 saturated heterocycles. The molecule has 3 heterocycles. The van der Waals surface area contributed by atoms with Crippen LogP contribution >= 0.6 is 11.3 Å². The highest BCUT2D eigenvalue weighted by molar-refractivity contribution is 7.16. The number of pyridine rings is 1. The molecule has 1 atom stereocenters. The van der Waals surface area contributed by atoms with Gasteiger partial charge in [0.2, 0.25) is 5.95 Å². The van der Waals surface area contributed by atoms with Crippen molar-refractivity contribution < 1.29 is 4.79 Å². The molecule has 0 aliphatic rings. The summed E-state index contributed by atoms with van der Waals surface area (Å²) in [5.74, 6) is 0.403. The first-order valence-electron chi connectivity index (χ1n) is 10.4. The van der Waals surface area contributed by atoms with Crippen LogP contribution in [0.1, 0.15) is 49.4 Å². The van der Waals surface area contributed by atoms with Crippen molar-refractivity contribution >= 4 is 28.2 Å². The summed E-state index contributed by atoms with van der Waals surface area (Å²) in [5.41, 5.74) is 5.47. The van der Waals surface area contributed by atoms with Crippen LogP contribution in [0, 0.1) is 27.7 Å². The van der Waals surface area contributed by atoms with E-state index >= 15 is 0 Å². The number of nitrogens with one attached hydrogen (secondary N) is 2. The molecule has 2 N–H and O–H groups in total. The maximum Gasteiger partial charge on any atom is 0.256 e. The van der Waals surface area contributed by atoms with Crippen LogP contribution in [0.3, 0.4) is 0 Å². The third-order valence-corrected chi connectivity index (χ3v) is 6.40. The summed E-state index contributed by atoms with van der Waals surface area (Å²) in [5, 5.41) is 7.42. The Bertz CT molecular complexity index is 1220. The first kappa shape index (κ1) is 21.6. The van der Waals surface area contributed by atoms with E-state index in [1.807, 2.05) is 68.6 Å². The molecule has 0 saturated carbocycles. The number of carbonyl (C=O) groups excluding carboxylic acids is 1. The zero-order valence-electron chi connectivity index (χ0n) is 18.5. The molecule has 32 heavy (non-hydrogen) atoms. The van der Waals surface area contributed by atoms with Crippen LogP contribution in [0.25, 0.3) is 0 Å². The lowest BCUT2D eigenvalue weighted by molar-refractivity contribution is 0.102. The summed E-state index contributed by atoms with van der Waals surface area (Å²) in [6.07, 6.45) is 3.58. The van der Waals surface area contributed by atoms with Gasteiger partial charge in [-0.2, -0.15) is 0 Å². The van der Waals surface area contributed by atoms with E-state index in [1.165, 1.54) is 0 Å². The summed E-state index contributed by atoms with van der Waals surface area (Å²) >= 11 is 1.57. The fourth-order valence-corrected chi connectivity index (χ4v) is 4.73. The predicted octanol–water partition coefficient (Wildman–Crippen LogP) is 5.62. The molecule has 0 aliphatic heterocycles. The molecule has 4 rings (SSSR count). The normalized spacial score (nSPS) is 11.8. The van der Waals surface area contributed by atoms with Crippen molar-refractivity contribution in [1.29, 1.82) is 0 Å². The van der Waals surface area contributed by atoms with E-state index in [0.717, 1.165) is 38.0 Å². The number of carbonyl (C=O) groups is 1. The van der Waals surface area contributed by atoms with Gasteiger partial charge in [0.1, 0.15) is 5.00 Å². The lowest BCUT2D eigenvalue weighted by atomic mass is 9.97. The average Bonchev–Trinajstić information content (AvgIpc) is 3.05. The number of nitrogens with zero attached hydrogens (tertiary/aromatic N) is 3. The molecular formula is C25H25N5OS. The Morgan fingerprint density at radius 2 is 1.69 bits per heavy atom. The molecule has 0 bridgehead atoms. The highest BCUT2D eigenvalue weighted by atomic mass is 32.1. The number of rotatable bonds is 6. The van der Waals surface area contributed by atoms with Crippen molar-refractivity contribution in [1.82, 2.24) is 15.0 Å². The van der Waals surface area contributed by atoms with Crippen molar-refractivity contribution in [2.45, 2.75) is 33.7 Å². The van der Waals surface area contributed by atoms with Gasteiger partial charge in [-0.3, -0.25) is 9.78 Å². The van der Waals surface area contributed by atoms with Gasteiger partial charge in [0.15, 0.2) is 0 Å². The molecule has 0 unspecified atom stereocenters. The van der Waals surface area contributed by atoms with E-state index in [-0.39, 0.29) is 11.9 Å². The van der Waals surface area contributed by atoms with E-state index in [2.05, 4.69) is 39.4 Å². The monoisotopic (exact) mass is 443 g/mol. The summed E-state index contributed by atoms with van der Waals surface area (Å²) in [7, 11) is 0. The van der Waals surface area contributed by atoms with Crippen LogP contribution in [0.5, 0.6) is 0 Å². The number of anilines is 2. The van der Waals surface area contributed by atoms with E-state index in [0.29, 0.717) is 11.5 Å². The van der Waals surface area contributed by atoms with Crippen LogP contribution in [0.4, 0.5) is 10.9 Å². The molecule has 0 radical (unpaired) electrons. The number of amides is 1. The SMILES string of the molecule is Cc1cc(C)nc(N[C@@H](c2cccnc2)c2c(NC(=O)c3ccccc3)sc(C)c2C)n1. The van der Waals surface area contributed by atoms with Crippen LogP contribution in [0.2, 0.25) is 0 Å². The standard InChI is InChI=1S/C25H25N5OS/c1-15-13-16(2)28-25(27-15)29-22(20-11-8-12-26-14-20)21-17(3)18(4)32-24(21)30-23(31)19-9-6-5-7-10-19/h5-14,22H,1-4H3,(H,30,31)(H,27,28,29)/t22-/m0/s1. The first-order chi connectivity index (χ1) is 15.4. The Labute approximate surface area is 191 Å². The van der Waals surface area contributed by atoms with Crippen molar-refractivity contribution in [2.24, 2.45) is 0 Å². The van der Waals surface area contributed by atoms with E-state index in [9.17, 15) is 4.79 Å². The molecule has 0 spiro atoms. The Kier molecular flexibility index (Phi) is 6.28. The van der Waals surface area contributed by atoms with Crippen LogP contribution in [-0.4, -0.2) is 20.9 Å². The third kappa shape index (κ3) is 4.68. The van der Waals surface area contributed by atoms with Crippen LogP contribution in [0.15, 0.2) is 60.9 Å². The van der Waals surface area contributed by atoms with E-state index < -0.39 is 0 Å². The quantitative estimate of drug-likeness (QED) is 0.404. The minimum atomic E-state index is -0.277. The van der Waals surface area contributed by atoms with Gasteiger partial charge >= 0.3 is 0 Å². The van der Waals surface area contributed by atoms with Gasteiger partial charge in [-0.1, -0.05) is 24.3 Å². The van der Waals surface area contributed by atoms with Gasteiger partial charge in [0, 0.05) is 39.8 Å². The second kappa shape index (κ2) is 9.28. The molecule has 0 aliphatic carbocycles. The van der Waals surface area contributed by atoms with Crippen LogP contribution < -0.4 is 10.6 Å². The number of benzene rings is 1. The molecule has 3 aromatic heterocycles. The van der Waals surface area contributed by atoms with Gasteiger partial charge in [-0.15, -0.1) is 11.3 Å². The molecular weight excluding hydrogens is 418 g/mol. The van der Waals surface area contributed by atoms with Crippen molar-refractivity contribution in [3.63, 3.8) is 0 Å². The lowest BCUT2D eigenvalue weighted by Crippen LogP contribution is -2.19. The number of hydrogen-bond acceptors (Lipinski definition) is 6. The highest BCUT2D eigenvalue weighted by Gasteiger charge is 2.26. The molecule has 0 fully saturated rings. The minimum absolute atomic E-state index is 0.138. The smallest absolute Gasteiger partial charge is 0.256 e. The Morgan fingerprint density at radius 1 is 0.969 bits per heavy atom. The average molecular weight is 444 g/mol. The van der Waals surface area contributed by atoms with E-state index in [1.54, 1.807) is 17.5 Å². The van der Waals surface area contributed by atoms with Gasteiger partial charge < -0.3 is 10.6 Å². The first-order valence-corrected chi connectivity index (χ1v) is 11.2. The second-order valence-electron chi connectivity index (χ2n) is 7.68. The maximum atomic E-state index is 12.9. The molecule has 4 aromatic rings. The molecule has 6 nitrogen and oxygen atoms in total. The summed E-state index contributed by atoms with van der Waals surface area (Å²) in [6.45, 7) is 8.04. The zero-order valence-corrected chi connectivity index (χ0v) is 19.3. The Balaban J connectivity index is 1.78. The fourth-order valence-electron chi connectivity index (χ4n) is 3.64. The molecule has 7 heteroatoms. The van der Waals surface area contributed by atoms with Crippen LogP contribution in [-0.2, 0) is 0 Å². The third-order valence-electron chi connectivity index (χ3n) is 5.26. The van der Waals surface area contributed by atoms with E-state index in [4.69, 9.17) is 0 Å². The van der Waals surface area contributed by atoms with Gasteiger partial charge in [-0.05, 0) is 63.1 Å². The van der Waals surface area contributed by atoms with Gasteiger partial charge in [0.05, 0.1) is 6.04 Å². The summed E-state index contributed by atoms with van der Waals surface area (Å²) in [4.78, 5) is 27.5. The topological polar surface area (TPSA) is 79.8 Å². The highest BCUT2D eigenvalue weighted by Crippen LogP contribution is 2.40. The summed E-state index contributed by atoms with van der Waals surface area (Å²) in [6, 6.07) is 14.8. The fraction of sp³-hybridized carbons (Fsp3) is 0.200. The lowest BCUT2D eigenvalue weighted by Gasteiger charge is -2.22. The van der Waals surface area contributed by atoms with Crippen molar-refractivity contribution in [3.8, 4) is 0 Å². The number of hydrogen-bond donors (Lipinski definition) is 2. The van der Waals surface area contributed by atoms with Gasteiger partial charge in [0.25, 0.3) is 5.91 Å². The minimum Gasteiger partial charge on any atom is -0.343 e.